The Hall–Kier alpha value is -2.67. The number of unbranched alkanes of at least 4 members (excludes halogenated alkanes) is 14. The summed E-state index contributed by atoms with van der Waals surface area (Å²) in [6, 6.07) is -1.55. The fraction of sp³-hybridized carbons (Fsp3) is 0.756. The quantitative estimate of drug-likeness (QED) is 0.0207. The minimum Gasteiger partial charge on any atom is -0.480 e. The second-order valence-corrected chi connectivity index (χ2v) is 15.9. The van der Waals surface area contributed by atoms with Gasteiger partial charge in [-0.15, -0.1) is 0 Å². The molecule has 6 atom stereocenters. The van der Waals surface area contributed by atoms with Crippen LogP contribution >= 0.6 is 7.82 Å². The minimum atomic E-state index is -4.77. The maximum atomic E-state index is 12.7. The largest absolute Gasteiger partial charge is 0.480 e. The fourth-order valence-corrected chi connectivity index (χ4v) is 6.77. The van der Waals surface area contributed by atoms with Gasteiger partial charge in [-0.3, -0.25) is 28.2 Å². The molecule has 0 saturated heterocycles. The van der Waals surface area contributed by atoms with E-state index in [0.717, 1.165) is 38.5 Å². The zero-order valence-corrected chi connectivity index (χ0v) is 34.3. The monoisotopic (exact) mass is 799 g/mol. The lowest BCUT2D eigenvalue weighted by Gasteiger charge is -2.20. The smallest absolute Gasteiger partial charge is 0.472 e. The normalized spacial score (nSPS) is 18.5. The summed E-state index contributed by atoms with van der Waals surface area (Å²) in [5.74, 6) is -2.87. The fourth-order valence-electron chi connectivity index (χ4n) is 6.00. The van der Waals surface area contributed by atoms with Crippen molar-refractivity contribution in [2.45, 2.75) is 167 Å². The van der Waals surface area contributed by atoms with Crippen molar-refractivity contribution in [3.63, 3.8) is 0 Å². The number of carbonyl (C=O) groups is 4. The maximum absolute atomic E-state index is 12.7. The van der Waals surface area contributed by atoms with Crippen molar-refractivity contribution in [2.24, 2.45) is 17.6 Å². The molecule has 316 valence electrons. The van der Waals surface area contributed by atoms with E-state index in [4.69, 9.17) is 24.8 Å². The Labute approximate surface area is 329 Å². The maximum Gasteiger partial charge on any atom is 0.472 e. The third-order valence-corrected chi connectivity index (χ3v) is 10.3. The molecule has 0 bridgehead atoms. The predicted octanol–water partition coefficient (Wildman–Crippen LogP) is 8.06. The molecule has 14 heteroatoms. The number of rotatable bonds is 35. The van der Waals surface area contributed by atoms with Gasteiger partial charge in [0.15, 0.2) is 11.9 Å². The molecule has 0 aromatic rings. The molecule has 5 N–H and O–H groups in total. The lowest BCUT2D eigenvalue weighted by atomic mass is 9.90. The highest BCUT2D eigenvalue weighted by atomic mass is 31.2. The number of aliphatic carboxylic acids is 1. The van der Waals surface area contributed by atoms with E-state index in [1.807, 2.05) is 18.2 Å². The third-order valence-electron chi connectivity index (χ3n) is 9.39. The summed E-state index contributed by atoms with van der Waals surface area (Å²) in [7, 11) is -4.77. The van der Waals surface area contributed by atoms with Crippen LogP contribution in [0.5, 0.6) is 0 Å². The molecular formula is C41H70NO12P. The first kappa shape index (κ1) is 50.3. The number of carbonyl (C=O) groups excluding carboxylic acids is 3. The van der Waals surface area contributed by atoms with E-state index >= 15 is 0 Å². The summed E-state index contributed by atoms with van der Waals surface area (Å²) < 4.78 is 32.6. The molecule has 1 aliphatic carbocycles. The van der Waals surface area contributed by atoms with E-state index in [1.54, 1.807) is 18.2 Å². The summed E-state index contributed by atoms with van der Waals surface area (Å²) in [4.78, 5) is 58.4. The van der Waals surface area contributed by atoms with E-state index < -0.39 is 63.8 Å². The van der Waals surface area contributed by atoms with E-state index in [1.165, 1.54) is 51.4 Å². The average Bonchev–Trinajstić information content (AvgIpc) is 3.50. The van der Waals surface area contributed by atoms with Crippen LogP contribution in [0, 0.1) is 11.8 Å². The number of ether oxygens (including phenoxy) is 2. The first-order valence-electron chi connectivity index (χ1n) is 20.6. The van der Waals surface area contributed by atoms with Gasteiger partial charge in [0.1, 0.15) is 12.6 Å². The minimum absolute atomic E-state index is 0.0114. The number of ketones is 1. The molecule has 13 nitrogen and oxygen atoms in total. The van der Waals surface area contributed by atoms with Crippen molar-refractivity contribution >= 4 is 31.5 Å². The molecule has 0 spiro atoms. The Bertz CT molecular complexity index is 1220. The van der Waals surface area contributed by atoms with Gasteiger partial charge in [0, 0.05) is 18.8 Å². The first-order chi connectivity index (χ1) is 26.4. The Balaban J connectivity index is 2.51. The number of hydrogen-bond donors (Lipinski definition) is 4. The second-order valence-electron chi connectivity index (χ2n) is 14.4. The van der Waals surface area contributed by atoms with Crippen LogP contribution in [0.25, 0.3) is 0 Å². The molecule has 0 aromatic carbocycles. The van der Waals surface area contributed by atoms with Crippen LogP contribution in [0.1, 0.15) is 149 Å². The van der Waals surface area contributed by atoms with Crippen LogP contribution in [0.3, 0.4) is 0 Å². The summed E-state index contributed by atoms with van der Waals surface area (Å²) in [5.41, 5.74) is 5.32. The number of aliphatic hydroxyl groups excluding tert-OH is 1. The van der Waals surface area contributed by atoms with Crippen LogP contribution in [-0.2, 0) is 42.3 Å². The number of carboxylic acids is 1. The molecule has 0 heterocycles. The lowest BCUT2D eigenvalue weighted by molar-refractivity contribution is -0.161. The van der Waals surface area contributed by atoms with Crippen molar-refractivity contribution in [3.8, 4) is 0 Å². The van der Waals surface area contributed by atoms with E-state index in [0.29, 0.717) is 32.1 Å². The molecule has 55 heavy (non-hydrogen) atoms. The van der Waals surface area contributed by atoms with Gasteiger partial charge in [-0.05, 0) is 44.1 Å². The number of carboxylic acid groups (broad SMARTS) is 1. The zero-order chi connectivity index (χ0) is 40.7. The van der Waals surface area contributed by atoms with Crippen molar-refractivity contribution in [3.05, 3.63) is 36.5 Å². The molecule has 1 unspecified atom stereocenters. The first-order valence-corrected chi connectivity index (χ1v) is 22.1. The van der Waals surface area contributed by atoms with Gasteiger partial charge in [0.05, 0.1) is 19.3 Å². The summed E-state index contributed by atoms with van der Waals surface area (Å²) in [6.07, 6.45) is 28.5. The Morgan fingerprint density at radius 3 is 2.04 bits per heavy atom. The highest BCUT2D eigenvalue weighted by Gasteiger charge is 2.29. The number of phosphoric acid groups is 1. The lowest BCUT2D eigenvalue weighted by Crippen LogP contribution is -2.34. The number of phosphoric ester groups is 1. The Morgan fingerprint density at radius 2 is 1.40 bits per heavy atom. The van der Waals surface area contributed by atoms with Gasteiger partial charge in [-0.2, -0.15) is 0 Å². The van der Waals surface area contributed by atoms with E-state index in [-0.39, 0.29) is 30.5 Å². The molecule has 0 aliphatic heterocycles. The highest BCUT2D eigenvalue weighted by Crippen LogP contribution is 2.43. The van der Waals surface area contributed by atoms with E-state index in [9.17, 15) is 33.7 Å². The molecule has 1 aliphatic rings. The Kier molecular flexibility index (Phi) is 28.8. The topological polar surface area (TPSA) is 209 Å². The van der Waals surface area contributed by atoms with Crippen molar-refractivity contribution in [1.82, 2.24) is 0 Å². The molecule has 0 fully saturated rings. The van der Waals surface area contributed by atoms with Gasteiger partial charge in [0.25, 0.3) is 0 Å². The van der Waals surface area contributed by atoms with Crippen LogP contribution in [0.4, 0.5) is 0 Å². The molecular weight excluding hydrogens is 729 g/mol. The summed E-state index contributed by atoms with van der Waals surface area (Å²) in [6.45, 7) is 2.48. The van der Waals surface area contributed by atoms with Crippen molar-refractivity contribution < 1.29 is 57.4 Å². The second kappa shape index (κ2) is 31.4. The SMILES string of the molecule is CCCCCCCCCCCCCCC(=O)OC[C@H](COP(=O)(O)OC[C@H](N)C(=O)O)OC(=O)CCC/C=C\C[C@H]1C=CC(=O)[C@@H]1/C=C/[C@@H](O)CCCCC. The predicted molar refractivity (Wildman–Crippen MR) is 212 cm³/mol. The molecule has 0 aromatic heterocycles. The molecule has 1 rings (SSSR count). The molecule has 0 amide bonds. The Morgan fingerprint density at radius 1 is 0.818 bits per heavy atom. The van der Waals surface area contributed by atoms with Gasteiger partial charge < -0.3 is 30.3 Å². The standard InChI is InChI=1S/C41H70NO12P/c1-3-5-7-8-9-10-11-12-13-14-15-20-24-39(45)51-30-35(31-52-55(49,50)53-32-37(42)41(47)48)54-40(46)25-21-17-16-19-22-33-26-29-38(44)36(33)28-27-34(43)23-18-6-4-2/h16,19,26-29,33-37,43H,3-15,17-18,20-25,30-32,42H2,1-2H3,(H,47,48)(H,49,50)/b19-16-,28-27+/t33-,34-,35+,36+,37-/m0/s1. The number of esters is 2. The summed E-state index contributed by atoms with van der Waals surface area (Å²) in [5, 5.41) is 19.1. The van der Waals surface area contributed by atoms with Crippen LogP contribution in [-0.4, -0.2) is 76.9 Å². The van der Waals surface area contributed by atoms with Gasteiger partial charge >= 0.3 is 25.7 Å². The highest BCUT2D eigenvalue weighted by molar-refractivity contribution is 7.47. The van der Waals surface area contributed by atoms with Crippen LogP contribution < -0.4 is 5.73 Å². The molecule has 0 saturated carbocycles. The van der Waals surface area contributed by atoms with Gasteiger partial charge in [-0.1, -0.05) is 134 Å². The number of hydrogen-bond acceptors (Lipinski definition) is 11. The van der Waals surface area contributed by atoms with E-state index in [2.05, 4.69) is 18.4 Å². The van der Waals surface area contributed by atoms with Crippen LogP contribution in [0.2, 0.25) is 0 Å². The van der Waals surface area contributed by atoms with Crippen LogP contribution in [0.15, 0.2) is 36.5 Å². The zero-order valence-electron chi connectivity index (χ0n) is 33.4. The van der Waals surface area contributed by atoms with Gasteiger partial charge in [-0.25, -0.2) is 4.57 Å². The van der Waals surface area contributed by atoms with Crippen molar-refractivity contribution in [2.75, 3.05) is 19.8 Å². The van der Waals surface area contributed by atoms with Gasteiger partial charge in [0.2, 0.25) is 0 Å². The van der Waals surface area contributed by atoms with Crippen molar-refractivity contribution in [1.29, 1.82) is 0 Å². The average molecular weight is 800 g/mol. The number of aliphatic hydroxyl groups is 1. The number of allylic oxidation sites excluding steroid dienone is 5. The number of nitrogens with two attached hydrogens (primary N) is 1. The third kappa shape index (κ3) is 26.8. The molecule has 0 radical (unpaired) electrons. The summed E-state index contributed by atoms with van der Waals surface area (Å²) >= 11 is 0.